The molecule has 2 rings (SSSR count). The van der Waals surface area contributed by atoms with Gasteiger partial charge in [-0.1, -0.05) is 16.3 Å². The molecule has 2 aromatic rings. The highest BCUT2D eigenvalue weighted by atomic mass is 32.2. The lowest BCUT2D eigenvalue weighted by Crippen LogP contribution is -2.06. The number of carbonyl (C=O) groups excluding carboxylic acids is 1. The molecule has 1 heterocycles. The molecule has 0 amide bonds. The van der Waals surface area contributed by atoms with E-state index in [9.17, 15) is 18.0 Å². The fourth-order valence-electron chi connectivity index (χ4n) is 1.39. The third kappa shape index (κ3) is 3.94. The number of alkyl halides is 3. The monoisotopic (exact) mass is 334 g/mol. The highest BCUT2D eigenvalue weighted by Gasteiger charge is 2.30. The summed E-state index contributed by atoms with van der Waals surface area (Å²) in [6.07, 6.45) is -4.37. The van der Waals surface area contributed by atoms with Crippen molar-refractivity contribution in [1.82, 2.24) is 9.59 Å². The van der Waals surface area contributed by atoms with Gasteiger partial charge in [0.1, 0.15) is 4.21 Å². The van der Waals surface area contributed by atoms with E-state index in [1.54, 1.807) is 6.92 Å². The van der Waals surface area contributed by atoms with E-state index >= 15 is 0 Å². The van der Waals surface area contributed by atoms with Crippen LogP contribution in [0.4, 0.5) is 13.2 Å². The number of halogens is 3. The highest BCUT2D eigenvalue weighted by Crippen LogP contribution is 2.35. The molecule has 0 aliphatic carbocycles. The first-order valence-electron chi connectivity index (χ1n) is 5.76. The molecule has 1 aromatic heterocycles. The van der Waals surface area contributed by atoms with Crippen LogP contribution in [0.5, 0.6) is 0 Å². The standard InChI is InChI=1S/C12H9F3N2O2S2/c1-2-19-10(18)9-11(21-17-16-9)20-8-5-3-7(4-6-8)12(13,14)15/h3-6H,2H2,1H3. The zero-order valence-electron chi connectivity index (χ0n) is 10.7. The van der Waals surface area contributed by atoms with Crippen molar-refractivity contribution >= 4 is 29.3 Å². The van der Waals surface area contributed by atoms with E-state index in [0.29, 0.717) is 9.10 Å². The van der Waals surface area contributed by atoms with Gasteiger partial charge in [-0.3, -0.25) is 0 Å². The predicted molar refractivity (Wildman–Crippen MR) is 71.4 cm³/mol. The fraction of sp³-hybridized carbons (Fsp3) is 0.250. The van der Waals surface area contributed by atoms with Gasteiger partial charge < -0.3 is 4.74 Å². The summed E-state index contributed by atoms with van der Waals surface area (Å²) in [4.78, 5) is 12.2. The van der Waals surface area contributed by atoms with E-state index < -0.39 is 17.7 Å². The Balaban J connectivity index is 2.16. The maximum absolute atomic E-state index is 12.5. The van der Waals surface area contributed by atoms with Gasteiger partial charge in [-0.25, -0.2) is 4.79 Å². The molecule has 0 saturated heterocycles. The molecule has 0 fully saturated rings. The lowest BCUT2D eigenvalue weighted by atomic mass is 10.2. The average Bonchev–Trinajstić information content (AvgIpc) is 2.87. The molecule has 1 aromatic carbocycles. The Morgan fingerprint density at radius 3 is 2.57 bits per heavy atom. The summed E-state index contributed by atoms with van der Waals surface area (Å²) in [7, 11) is 0. The van der Waals surface area contributed by atoms with Crippen LogP contribution in [0.1, 0.15) is 23.0 Å². The molecule has 21 heavy (non-hydrogen) atoms. The van der Waals surface area contributed by atoms with Crippen LogP contribution in [0.25, 0.3) is 0 Å². The Bertz CT molecular complexity index is 626. The summed E-state index contributed by atoms with van der Waals surface area (Å²) in [5.74, 6) is -0.597. The highest BCUT2D eigenvalue weighted by molar-refractivity contribution is 8.01. The molecule has 0 unspecified atom stereocenters. The number of hydrogen-bond donors (Lipinski definition) is 0. The Hall–Kier alpha value is -1.61. The van der Waals surface area contributed by atoms with Crippen LogP contribution < -0.4 is 0 Å². The Morgan fingerprint density at radius 1 is 1.33 bits per heavy atom. The lowest BCUT2D eigenvalue weighted by molar-refractivity contribution is -0.137. The lowest BCUT2D eigenvalue weighted by Gasteiger charge is -2.07. The van der Waals surface area contributed by atoms with E-state index in [2.05, 4.69) is 9.59 Å². The van der Waals surface area contributed by atoms with Crippen molar-refractivity contribution in [2.45, 2.75) is 22.2 Å². The van der Waals surface area contributed by atoms with Gasteiger partial charge in [-0.15, -0.1) is 5.10 Å². The van der Waals surface area contributed by atoms with Gasteiger partial charge in [0.2, 0.25) is 0 Å². The molecule has 0 N–H and O–H groups in total. The van der Waals surface area contributed by atoms with Crippen LogP contribution in [-0.2, 0) is 10.9 Å². The number of esters is 1. The van der Waals surface area contributed by atoms with Crippen LogP contribution in [-0.4, -0.2) is 22.2 Å². The molecule has 0 radical (unpaired) electrons. The summed E-state index contributed by atoms with van der Waals surface area (Å²) in [5.41, 5.74) is -0.647. The third-order valence-electron chi connectivity index (χ3n) is 2.32. The molecule has 0 atom stereocenters. The minimum absolute atomic E-state index is 0.0757. The number of hydrogen-bond acceptors (Lipinski definition) is 6. The van der Waals surface area contributed by atoms with Gasteiger partial charge in [0.25, 0.3) is 0 Å². The molecule has 0 aliphatic heterocycles. The smallest absolute Gasteiger partial charge is 0.416 e. The number of ether oxygens (including phenoxy) is 1. The topological polar surface area (TPSA) is 52.1 Å². The average molecular weight is 334 g/mol. The summed E-state index contributed by atoms with van der Waals surface area (Å²) in [5, 5.41) is 3.68. The second-order valence-corrected chi connectivity index (χ2v) is 5.85. The van der Waals surface area contributed by atoms with E-state index in [1.807, 2.05) is 0 Å². The maximum Gasteiger partial charge on any atom is 0.416 e. The summed E-state index contributed by atoms with van der Waals surface area (Å²) < 4.78 is 46.4. The maximum atomic E-state index is 12.5. The number of benzene rings is 1. The number of carbonyl (C=O) groups is 1. The van der Waals surface area contributed by atoms with Crippen molar-refractivity contribution in [2.24, 2.45) is 0 Å². The van der Waals surface area contributed by atoms with Crippen LogP contribution in [0.3, 0.4) is 0 Å². The fourth-order valence-corrected chi connectivity index (χ4v) is 3.04. The van der Waals surface area contributed by atoms with Crippen molar-refractivity contribution in [3.05, 3.63) is 35.5 Å². The van der Waals surface area contributed by atoms with Gasteiger partial charge >= 0.3 is 12.1 Å². The van der Waals surface area contributed by atoms with Gasteiger partial charge in [0.15, 0.2) is 5.69 Å². The minimum atomic E-state index is -4.37. The molecule has 112 valence electrons. The van der Waals surface area contributed by atoms with Crippen LogP contribution >= 0.6 is 23.3 Å². The SMILES string of the molecule is CCOC(=O)c1nnsc1Sc1ccc(C(F)(F)F)cc1. The molecule has 0 aliphatic rings. The third-order valence-corrected chi connectivity index (χ3v) is 4.20. The number of nitrogens with zero attached hydrogens (tertiary/aromatic N) is 2. The second kappa shape index (κ2) is 6.44. The summed E-state index contributed by atoms with van der Waals surface area (Å²) in [6.45, 7) is 1.88. The molecule has 0 spiro atoms. The normalized spacial score (nSPS) is 11.4. The molecule has 0 bridgehead atoms. The molecule has 0 saturated carbocycles. The zero-order chi connectivity index (χ0) is 15.5. The molecule has 9 heteroatoms. The molecular weight excluding hydrogens is 325 g/mol. The van der Waals surface area contributed by atoms with Crippen LogP contribution in [0, 0.1) is 0 Å². The van der Waals surface area contributed by atoms with E-state index in [1.165, 1.54) is 12.1 Å². The first-order valence-corrected chi connectivity index (χ1v) is 7.35. The van der Waals surface area contributed by atoms with Gasteiger partial charge in [-0.2, -0.15) is 13.2 Å². The van der Waals surface area contributed by atoms with E-state index in [0.717, 1.165) is 35.4 Å². The van der Waals surface area contributed by atoms with Crippen molar-refractivity contribution in [3.63, 3.8) is 0 Å². The van der Waals surface area contributed by atoms with Crippen LogP contribution in [0.2, 0.25) is 0 Å². The zero-order valence-corrected chi connectivity index (χ0v) is 12.3. The minimum Gasteiger partial charge on any atom is -0.461 e. The van der Waals surface area contributed by atoms with Crippen LogP contribution in [0.15, 0.2) is 33.4 Å². The summed E-state index contributed by atoms with van der Waals surface area (Å²) in [6, 6.07) is 4.64. The van der Waals surface area contributed by atoms with Gasteiger partial charge in [0, 0.05) is 4.90 Å². The Kier molecular flexibility index (Phi) is 4.84. The number of rotatable bonds is 4. The second-order valence-electron chi connectivity index (χ2n) is 3.75. The van der Waals surface area contributed by atoms with Crippen molar-refractivity contribution in [2.75, 3.05) is 6.61 Å². The van der Waals surface area contributed by atoms with Crippen molar-refractivity contribution < 1.29 is 22.7 Å². The van der Waals surface area contributed by atoms with Crippen molar-refractivity contribution in [1.29, 1.82) is 0 Å². The molecule has 4 nitrogen and oxygen atoms in total. The number of aromatic nitrogens is 2. The Labute approximate surface area is 126 Å². The first kappa shape index (κ1) is 15.8. The Morgan fingerprint density at radius 2 is 2.00 bits per heavy atom. The largest absolute Gasteiger partial charge is 0.461 e. The summed E-state index contributed by atoms with van der Waals surface area (Å²) >= 11 is 2.11. The quantitative estimate of drug-likeness (QED) is 0.794. The molecular formula is C12H9F3N2O2S2. The van der Waals surface area contributed by atoms with E-state index in [4.69, 9.17) is 4.74 Å². The first-order chi connectivity index (χ1) is 9.91. The van der Waals surface area contributed by atoms with Crippen molar-refractivity contribution in [3.8, 4) is 0 Å². The van der Waals surface area contributed by atoms with E-state index in [-0.39, 0.29) is 12.3 Å². The van der Waals surface area contributed by atoms with Gasteiger partial charge in [0.05, 0.1) is 12.2 Å². The predicted octanol–water partition coefficient (Wildman–Crippen LogP) is 3.88. The van der Waals surface area contributed by atoms with Gasteiger partial charge in [-0.05, 0) is 42.7 Å².